The van der Waals surface area contributed by atoms with E-state index in [4.69, 9.17) is 5.11 Å². The smallest absolute Gasteiger partial charge is 0.290 e. The van der Waals surface area contributed by atoms with Crippen molar-refractivity contribution in [2.75, 3.05) is 0 Å². The number of halogens is 1. The Morgan fingerprint density at radius 3 is 2.85 bits per heavy atom. The first-order chi connectivity index (χ1) is 6.16. The number of aromatic nitrogens is 1. The molecule has 13 heavy (non-hydrogen) atoms. The number of aromatic amines is 1. The molecule has 2 aromatic rings. The molecule has 0 aliphatic heterocycles. The Morgan fingerprint density at radius 2 is 2.08 bits per heavy atom. The number of nitrogens with one attached hydrogen (secondary N) is 1. The Hall–Kier alpha value is -1.84. The fourth-order valence-electron chi connectivity index (χ4n) is 1.17. The van der Waals surface area contributed by atoms with Gasteiger partial charge >= 0.3 is 0 Å². The minimum atomic E-state index is -0.570. The summed E-state index contributed by atoms with van der Waals surface area (Å²) in [5.74, 6) is -0.808. The first-order valence-corrected chi connectivity index (χ1v) is 3.68. The summed E-state index contributed by atoms with van der Waals surface area (Å²) in [6.45, 7) is 0. The van der Waals surface area contributed by atoms with Crippen LogP contribution in [0.15, 0.2) is 29.1 Å². The number of H-pyrrole nitrogens is 1. The zero-order chi connectivity index (χ0) is 9.42. The van der Waals surface area contributed by atoms with Crippen molar-refractivity contribution in [2.45, 2.75) is 0 Å². The molecule has 0 saturated heterocycles. The molecule has 2 N–H and O–H groups in total. The van der Waals surface area contributed by atoms with Crippen LogP contribution in [0.2, 0.25) is 0 Å². The van der Waals surface area contributed by atoms with Crippen LogP contribution in [0.5, 0.6) is 5.75 Å². The summed E-state index contributed by atoms with van der Waals surface area (Å²) in [6, 6.07) is 5.17. The molecule has 0 aliphatic rings. The number of aromatic hydroxyl groups is 1. The lowest BCUT2D eigenvalue weighted by molar-refractivity contribution is 0.468. The lowest BCUT2D eigenvalue weighted by atomic mass is 10.2. The van der Waals surface area contributed by atoms with Gasteiger partial charge in [-0.1, -0.05) is 0 Å². The second kappa shape index (κ2) is 2.58. The number of hydrogen-bond donors (Lipinski definition) is 2. The van der Waals surface area contributed by atoms with Crippen LogP contribution in [0.3, 0.4) is 0 Å². The van der Waals surface area contributed by atoms with Crippen LogP contribution < -0.4 is 5.56 Å². The van der Waals surface area contributed by atoms with E-state index >= 15 is 0 Å². The zero-order valence-electron chi connectivity index (χ0n) is 6.54. The number of pyridine rings is 1. The van der Waals surface area contributed by atoms with E-state index in [9.17, 15) is 9.18 Å². The quantitative estimate of drug-likeness (QED) is 0.641. The summed E-state index contributed by atoms with van der Waals surface area (Å²) < 4.78 is 12.7. The van der Waals surface area contributed by atoms with Crippen LogP contribution in [0.1, 0.15) is 0 Å². The maximum Gasteiger partial charge on any atom is 0.290 e. The highest BCUT2D eigenvalue weighted by Crippen LogP contribution is 2.14. The Morgan fingerprint density at radius 1 is 1.31 bits per heavy atom. The largest absolute Gasteiger partial charge is 0.503 e. The van der Waals surface area contributed by atoms with Crippen molar-refractivity contribution < 1.29 is 9.50 Å². The van der Waals surface area contributed by atoms with Crippen molar-refractivity contribution in [2.24, 2.45) is 0 Å². The van der Waals surface area contributed by atoms with Gasteiger partial charge in [-0.15, -0.1) is 0 Å². The zero-order valence-corrected chi connectivity index (χ0v) is 6.54. The van der Waals surface area contributed by atoms with Crippen molar-refractivity contribution in [1.29, 1.82) is 0 Å². The SMILES string of the molecule is O=c1[nH]c2ccc(F)cc2cc1O. The predicted molar refractivity (Wildman–Crippen MR) is 46.2 cm³/mol. The third-order valence-corrected chi connectivity index (χ3v) is 1.79. The van der Waals surface area contributed by atoms with Gasteiger partial charge in [-0.3, -0.25) is 4.79 Å². The molecule has 1 aromatic heterocycles. The summed E-state index contributed by atoms with van der Waals surface area (Å²) in [6.07, 6.45) is 0. The summed E-state index contributed by atoms with van der Waals surface area (Å²) in [5.41, 5.74) is -0.0664. The lowest BCUT2D eigenvalue weighted by Gasteiger charge is -1.97. The molecule has 0 spiro atoms. The Balaban J connectivity index is 2.89. The van der Waals surface area contributed by atoms with Gasteiger partial charge in [0.1, 0.15) is 5.82 Å². The van der Waals surface area contributed by atoms with E-state index in [2.05, 4.69) is 4.98 Å². The molecular formula is C9H6FNO2. The summed E-state index contributed by atoms with van der Waals surface area (Å²) in [7, 11) is 0. The normalized spacial score (nSPS) is 10.5. The second-order valence-electron chi connectivity index (χ2n) is 2.72. The van der Waals surface area contributed by atoms with Crippen LogP contribution in [0, 0.1) is 5.82 Å². The average Bonchev–Trinajstić information content (AvgIpc) is 2.08. The fraction of sp³-hybridized carbons (Fsp3) is 0. The van der Waals surface area contributed by atoms with Crippen molar-refractivity contribution in [1.82, 2.24) is 4.98 Å². The number of hydrogen-bond acceptors (Lipinski definition) is 2. The molecule has 66 valence electrons. The minimum Gasteiger partial charge on any atom is -0.503 e. The molecule has 3 nitrogen and oxygen atoms in total. The fourth-order valence-corrected chi connectivity index (χ4v) is 1.17. The highest BCUT2D eigenvalue weighted by atomic mass is 19.1. The Labute approximate surface area is 72.5 Å². The van der Waals surface area contributed by atoms with Gasteiger partial charge in [0.15, 0.2) is 5.75 Å². The number of fused-ring (bicyclic) bond motifs is 1. The standard InChI is InChI=1S/C9H6FNO2/c10-6-1-2-7-5(3-6)4-8(12)9(13)11-7/h1-4,12H,(H,11,13). The highest BCUT2D eigenvalue weighted by molar-refractivity contribution is 5.79. The van der Waals surface area contributed by atoms with Crippen LogP contribution in [-0.4, -0.2) is 10.1 Å². The van der Waals surface area contributed by atoms with Crippen molar-refractivity contribution in [3.05, 3.63) is 40.4 Å². The molecule has 0 amide bonds. The van der Waals surface area contributed by atoms with Gasteiger partial charge in [0, 0.05) is 10.9 Å². The molecule has 4 heteroatoms. The molecule has 0 fully saturated rings. The monoisotopic (exact) mass is 179 g/mol. The maximum absolute atomic E-state index is 12.7. The van der Waals surface area contributed by atoms with Gasteiger partial charge in [0.2, 0.25) is 0 Å². The average molecular weight is 179 g/mol. The molecule has 0 aliphatic carbocycles. The molecule has 1 aromatic carbocycles. The summed E-state index contributed by atoms with van der Waals surface area (Å²) in [4.78, 5) is 13.3. The number of benzene rings is 1. The van der Waals surface area contributed by atoms with E-state index in [0.717, 1.165) is 0 Å². The van der Waals surface area contributed by atoms with Crippen LogP contribution in [0.4, 0.5) is 4.39 Å². The Bertz CT molecular complexity index is 518. The Kier molecular flexibility index (Phi) is 1.55. The van der Waals surface area contributed by atoms with Crippen LogP contribution in [-0.2, 0) is 0 Å². The van der Waals surface area contributed by atoms with Gasteiger partial charge < -0.3 is 10.1 Å². The molecule has 0 radical (unpaired) electrons. The van der Waals surface area contributed by atoms with Gasteiger partial charge in [0.05, 0.1) is 0 Å². The van der Waals surface area contributed by atoms with Gasteiger partial charge in [-0.2, -0.15) is 0 Å². The van der Waals surface area contributed by atoms with Crippen molar-refractivity contribution in [3.8, 4) is 5.75 Å². The van der Waals surface area contributed by atoms with E-state index in [1.165, 1.54) is 24.3 Å². The van der Waals surface area contributed by atoms with E-state index in [-0.39, 0.29) is 0 Å². The van der Waals surface area contributed by atoms with E-state index < -0.39 is 17.1 Å². The third kappa shape index (κ3) is 1.26. The van der Waals surface area contributed by atoms with Crippen LogP contribution >= 0.6 is 0 Å². The first kappa shape index (κ1) is 7.79. The maximum atomic E-state index is 12.7. The molecule has 0 unspecified atom stereocenters. The summed E-state index contributed by atoms with van der Waals surface area (Å²) in [5, 5.41) is 9.51. The molecule has 0 saturated carbocycles. The molecule has 0 atom stereocenters. The minimum absolute atomic E-state index is 0.404. The topological polar surface area (TPSA) is 53.1 Å². The lowest BCUT2D eigenvalue weighted by Crippen LogP contribution is -2.04. The highest BCUT2D eigenvalue weighted by Gasteiger charge is 2.00. The van der Waals surface area contributed by atoms with Gasteiger partial charge in [-0.25, -0.2) is 4.39 Å². The third-order valence-electron chi connectivity index (χ3n) is 1.79. The summed E-state index contributed by atoms with van der Waals surface area (Å²) >= 11 is 0. The molecule has 0 bridgehead atoms. The van der Waals surface area contributed by atoms with Crippen LogP contribution in [0.25, 0.3) is 10.9 Å². The van der Waals surface area contributed by atoms with E-state index in [1.54, 1.807) is 0 Å². The first-order valence-electron chi connectivity index (χ1n) is 3.68. The predicted octanol–water partition coefficient (Wildman–Crippen LogP) is 1.37. The van der Waals surface area contributed by atoms with Crippen molar-refractivity contribution >= 4 is 10.9 Å². The van der Waals surface area contributed by atoms with Gasteiger partial charge in [-0.05, 0) is 24.3 Å². The number of rotatable bonds is 0. The van der Waals surface area contributed by atoms with Gasteiger partial charge in [0.25, 0.3) is 5.56 Å². The van der Waals surface area contributed by atoms with E-state index in [1.807, 2.05) is 0 Å². The molecular weight excluding hydrogens is 173 g/mol. The molecule has 2 rings (SSSR count). The van der Waals surface area contributed by atoms with Crippen molar-refractivity contribution in [3.63, 3.8) is 0 Å². The second-order valence-corrected chi connectivity index (χ2v) is 2.72. The van der Waals surface area contributed by atoms with E-state index in [0.29, 0.717) is 10.9 Å². The molecule has 1 heterocycles.